The van der Waals surface area contributed by atoms with Gasteiger partial charge in [-0.25, -0.2) is 15.0 Å². The van der Waals surface area contributed by atoms with E-state index in [0.29, 0.717) is 17.5 Å². The predicted molar refractivity (Wildman–Crippen MR) is 211 cm³/mol. The lowest BCUT2D eigenvalue weighted by Gasteiger charge is -2.10. The lowest BCUT2D eigenvalue weighted by atomic mass is 10.1. The van der Waals surface area contributed by atoms with Crippen LogP contribution in [0.4, 0.5) is 0 Å². The second-order valence-electron chi connectivity index (χ2n) is 12.8. The highest BCUT2D eigenvalue weighted by Gasteiger charge is 2.18. The first-order valence-corrected chi connectivity index (χ1v) is 17.8. The van der Waals surface area contributed by atoms with Gasteiger partial charge >= 0.3 is 0 Å². The lowest BCUT2D eigenvalue weighted by molar-refractivity contribution is 0.669. The Labute approximate surface area is 295 Å². The quantitative estimate of drug-likeness (QED) is 0.187. The number of hydrogen-bond donors (Lipinski definition) is 0. The number of hydrogen-bond acceptors (Lipinski definition) is 5. The van der Waals surface area contributed by atoms with Crippen LogP contribution in [0.25, 0.3) is 104 Å². The minimum Gasteiger partial charge on any atom is -0.456 e. The molecule has 5 nitrogen and oxygen atoms in total. The van der Waals surface area contributed by atoms with Crippen molar-refractivity contribution in [1.82, 2.24) is 19.5 Å². The van der Waals surface area contributed by atoms with E-state index in [1.807, 2.05) is 24.3 Å². The summed E-state index contributed by atoms with van der Waals surface area (Å²) in [6.45, 7) is 0. The Morgan fingerprint density at radius 2 is 0.961 bits per heavy atom. The summed E-state index contributed by atoms with van der Waals surface area (Å²) >= 11 is 1.81. The number of para-hydroxylation sites is 3. The van der Waals surface area contributed by atoms with E-state index in [1.54, 1.807) is 11.3 Å². The van der Waals surface area contributed by atoms with Gasteiger partial charge in [-0.15, -0.1) is 11.3 Å². The van der Waals surface area contributed by atoms with Crippen LogP contribution in [0.3, 0.4) is 0 Å². The molecule has 0 amide bonds. The van der Waals surface area contributed by atoms with E-state index in [2.05, 4.69) is 138 Å². The van der Waals surface area contributed by atoms with E-state index in [-0.39, 0.29) is 0 Å². The van der Waals surface area contributed by atoms with E-state index in [1.165, 1.54) is 25.6 Å². The summed E-state index contributed by atoms with van der Waals surface area (Å²) in [5.74, 6) is 1.84. The molecule has 0 aliphatic carbocycles. The molecule has 0 radical (unpaired) electrons. The summed E-state index contributed by atoms with van der Waals surface area (Å²) in [6.07, 6.45) is 0. The lowest BCUT2D eigenvalue weighted by Crippen LogP contribution is -2.00. The molecule has 6 heteroatoms. The third kappa shape index (κ3) is 4.43. The van der Waals surface area contributed by atoms with Crippen molar-refractivity contribution in [1.29, 1.82) is 0 Å². The van der Waals surface area contributed by atoms with Crippen LogP contribution in [0.2, 0.25) is 0 Å². The zero-order chi connectivity index (χ0) is 33.5. The fourth-order valence-electron chi connectivity index (χ4n) is 7.46. The number of nitrogens with zero attached hydrogens (tertiary/aromatic N) is 4. The fourth-order valence-corrected chi connectivity index (χ4v) is 8.55. The van der Waals surface area contributed by atoms with Gasteiger partial charge in [0.1, 0.15) is 11.2 Å². The van der Waals surface area contributed by atoms with Crippen LogP contribution in [-0.2, 0) is 0 Å². The Kier molecular flexibility index (Phi) is 6.05. The molecule has 51 heavy (non-hydrogen) atoms. The minimum atomic E-state index is 0.597. The van der Waals surface area contributed by atoms with Crippen LogP contribution in [0.5, 0.6) is 0 Å². The first-order chi connectivity index (χ1) is 25.2. The van der Waals surface area contributed by atoms with Crippen molar-refractivity contribution >= 4 is 75.3 Å². The van der Waals surface area contributed by atoms with Crippen molar-refractivity contribution in [3.8, 4) is 39.9 Å². The average Bonchev–Trinajstić information content (AvgIpc) is 3.86. The monoisotopic (exact) mass is 670 g/mol. The van der Waals surface area contributed by atoms with Gasteiger partial charge in [0.05, 0.1) is 11.0 Å². The Hall–Kier alpha value is -6.63. The second kappa shape index (κ2) is 10.9. The van der Waals surface area contributed by atoms with Crippen molar-refractivity contribution < 1.29 is 4.42 Å². The predicted octanol–water partition coefficient (Wildman–Crippen LogP) is 12.2. The Morgan fingerprint density at radius 3 is 1.78 bits per heavy atom. The number of aromatic nitrogens is 4. The summed E-state index contributed by atoms with van der Waals surface area (Å²) in [6, 6.07) is 55.1. The molecule has 0 saturated heterocycles. The van der Waals surface area contributed by atoms with Gasteiger partial charge in [-0.1, -0.05) is 78.9 Å². The molecule has 0 atom stereocenters. The molecule has 0 saturated carbocycles. The molecular formula is C45H26N4OS. The molecule has 0 bridgehead atoms. The molecule has 0 N–H and O–H groups in total. The Morgan fingerprint density at radius 1 is 0.392 bits per heavy atom. The normalized spacial score (nSPS) is 11.9. The number of rotatable bonds is 4. The summed E-state index contributed by atoms with van der Waals surface area (Å²) in [5, 5.41) is 6.93. The topological polar surface area (TPSA) is 56.7 Å². The smallest absolute Gasteiger partial charge is 0.164 e. The third-order valence-corrected chi connectivity index (χ3v) is 11.0. The minimum absolute atomic E-state index is 0.597. The van der Waals surface area contributed by atoms with Crippen LogP contribution in [-0.4, -0.2) is 19.5 Å². The van der Waals surface area contributed by atoms with Gasteiger partial charge in [-0.3, -0.25) is 0 Å². The molecule has 0 aliphatic rings. The standard InChI is InChI=1S/C45H26N4OS/c1-2-10-30(11-3-1)49-37-15-7-4-12-31(37)35-24-27(19-22-38(35)49)43-46-44(28-20-23-42-36(25-28)34-14-6-9-17-41(34)51-42)48-45(47-43)29-18-21-33-32-13-5-8-16-39(32)50-40(33)26-29/h1-26H. The van der Waals surface area contributed by atoms with Crippen LogP contribution in [0.1, 0.15) is 0 Å². The van der Waals surface area contributed by atoms with E-state index in [0.717, 1.165) is 60.7 Å². The van der Waals surface area contributed by atoms with Crippen molar-refractivity contribution in [2.45, 2.75) is 0 Å². The fraction of sp³-hybridized carbons (Fsp3) is 0. The number of fused-ring (bicyclic) bond motifs is 9. The summed E-state index contributed by atoms with van der Waals surface area (Å²) in [4.78, 5) is 15.4. The van der Waals surface area contributed by atoms with E-state index < -0.39 is 0 Å². The zero-order valence-corrected chi connectivity index (χ0v) is 27.9. The van der Waals surface area contributed by atoms with Gasteiger partial charge in [0, 0.05) is 64.1 Å². The largest absolute Gasteiger partial charge is 0.456 e. The third-order valence-electron chi connectivity index (χ3n) is 9.85. The Bertz CT molecular complexity index is 3150. The van der Waals surface area contributed by atoms with Crippen molar-refractivity contribution in [2.75, 3.05) is 0 Å². The van der Waals surface area contributed by atoms with Crippen molar-refractivity contribution in [3.63, 3.8) is 0 Å². The van der Waals surface area contributed by atoms with Gasteiger partial charge in [-0.05, 0) is 78.9 Å². The molecular weight excluding hydrogens is 645 g/mol. The summed E-state index contributed by atoms with van der Waals surface area (Å²) in [7, 11) is 0. The zero-order valence-electron chi connectivity index (χ0n) is 27.1. The van der Waals surface area contributed by atoms with Crippen LogP contribution in [0, 0.1) is 0 Å². The molecule has 4 aromatic heterocycles. The first kappa shape index (κ1) is 28.2. The van der Waals surface area contributed by atoms with Crippen molar-refractivity contribution in [2.24, 2.45) is 0 Å². The number of benzene rings is 7. The van der Waals surface area contributed by atoms with Gasteiger partial charge in [-0.2, -0.15) is 0 Å². The maximum atomic E-state index is 6.28. The van der Waals surface area contributed by atoms with Gasteiger partial charge in [0.25, 0.3) is 0 Å². The summed E-state index contributed by atoms with van der Waals surface area (Å²) < 4.78 is 11.1. The van der Waals surface area contributed by atoms with Gasteiger partial charge in [0.15, 0.2) is 17.5 Å². The van der Waals surface area contributed by atoms with E-state index in [4.69, 9.17) is 19.4 Å². The van der Waals surface area contributed by atoms with Crippen LogP contribution >= 0.6 is 11.3 Å². The number of thiophene rings is 1. The molecule has 0 unspecified atom stereocenters. The highest BCUT2D eigenvalue weighted by Crippen LogP contribution is 2.38. The molecule has 4 heterocycles. The van der Waals surface area contributed by atoms with Crippen molar-refractivity contribution in [3.05, 3.63) is 158 Å². The maximum Gasteiger partial charge on any atom is 0.164 e. The molecule has 7 aromatic carbocycles. The first-order valence-electron chi connectivity index (χ1n) is 16.9. The van der Waals surface area contributed by atoms with Crippen LogP contribution in [0.15, 0.2) is 162 Å². The Balaban J connectivity index is 1.14. The average molecular weight is 671 g/mol. The maximum absolute atomic E-state index is 6.28. The molecule has 238 valence electrons. The molecule has 0 spiro atoms. The highest BCUT2D eigenvalue weighted by molar-refractivity contribution is 7.25. The molecule has 11 rings (SSSR count). The van der Waals surface area contributed by atoms with Crippen LogP contribution < -0.4 is 0 Å². The van der Waals surface area contributed by atoms with E-state index >= 15 is 0 Å². The summed E-state index contributed by atoms with van der Waals surface area (Å²) in [5.41, 5.74) is 7.82. The molecule has 0 aliphatic heterocycles. The molecule has 11 aromatic rings. The van der Waals surface area contributed by atoms with Gasteiger partial charge in [0.2, 0.25) is 0 Å². The SMILES string of the molecule is c1ccc(-n2c3ccccc3c3cc(-c4nc(-c5ccc6c(c5)oc5ccccc56)nc(-c5ccc6sc7ccccc7c6c5)n4)ccc32)cc1. The second-order valence-corrected chi connectivity index (χ2v) is 13.9. The van der Waals surface area contributed by atoms with Gasteiger partial charge < -0.3 is 8.98 Å². The molecule has 0 fully saturated rings. The van der Waals surface area contributed by atoms with E-state index in [9.17, 15) is 0 Å². The number of furan rings is 1. The highest BCUT2D eigenvalue weighted by atomic mass is 32.1.